The van der Waals surface area contributed by atoms with Crippen LogP contribution in [0, 0.1) is 0 Å². The molecule has 3 aromatic carbocycles. The number of benzene rings is 3. The van der Waals surface area contributed by atoms with Crippen molar-refractivity contribution in [2.45, 2.75) is 22.3 Å². The van der Waals surface area contributed by atoms with Gasteiger partial charge in [-0.1, -0.05) is 42.1 Å². The number of halogens is 2. The van der Waals surface area contributed by atoms with Crippen LogP contribution in [0.3, 0.4) is 0 Å². The Morgan fingerprint density at radius 1 is 0.878 bits per heavy atom. The molecule has 0 amide bonds. The minimum absolute atomic E-state index is 0.358. The van der Waals surface area contributed by atoms with Crippen molar-refractivity contribution in [2.75, 3.05) is 40.8 Å². The number of para-hydroxylation sites is 1. The molecule has 41 heavy (non-hydrogen) atoms. The molecular weight excluding hydrogens is 546 g/mol. The molecule has 0 aliphatic heterocycles. The van der Waals surface area contributed by atoms with Gasteiger partial charge in [0.25, 0.3) is 0 Å². The highest BCUT2D eigenvalue weighted by Gasteiger charge is 2.31. The van der Waals surface area contributed by atoms with Crippen LogP contribution in [-0.4, -0.2) is 60.5 Å². The van der Waals surface area contributed by atoms with E-state index >= 15 is 0 Å². The second-order valence-electron chi connectivity index (χ2n) is 9.66. The minimum atomic E-state index is -1.33. The molecule has 0 radical (unpaired) electrons. The molecule has 2 heterocycles. The van der Waals surface area contributed by atoms with Crippen LogP contribution in [0.5, 0.6) is 11.5 Å². The van der Waals surface area contributed by atoms with E-state index in [4.69, 9.17) is 14.2 Å². The van der Waals surface area contributed by atoms with Crippen molar-refractivity contribution in [1.82, 2.24) is 19.7 Å². The first kappa shape index (κ1) is 28.5. The molecule has 0 aliphatic carbocycles. The van der Waals surface area contributed by atoms with Gasteiger partial charge in [-0.2, -0.15) is 5.10 Å². The first-order valence-corrected chi connectivity index (χ1v) is 13.8. The summed E-state index contributed by atoms with van der Waals surface area (Å²) in [5, 5.41) is 6.22. The summed E-state index contributed by atoms with van der Waals surface area (Å²) in [4.78, 5) is 9.90. The fourth-order valence-corrected chi connectivity index (χ4v) is 5.21. The molecule has 0 spiro atoms. The van der Waals surface area contributed by atoms with Gasteiger partial charge in [-0.25, -0.2) is 23.4 Å². The summed E-state index contributed by atoms with van der Waals surface area (Å²) >= 11 is 1.48. The lowest BCUT2D eigenvalue weighted by Gasteiger charge is -2.19. The number of rotatable bonds is 12. The average molecular weight is 577 g/mol. The van der Waals surface area contributed by atoms with E-state index in [-0.39, 0.29) is 0 Å². The van der Waals surface area contributed by atoms with E-state index in [1.165, 1.54) is 18.1 Å². The smallest absolute Gasteiger partial charge is 0.163 e. The fourth-order valence-electron chi connectivity index (χ4n) is 4.28. The normalized spacial score (nSPS) is 11.6. The van der Waals surface area contributed by atoms with Crippen LogP contribution in [0.15, 0.2) is 89.0 Å². The van der Waals surface area contributed by atoms with Gasteiger partial charge >= 0.3 is 0 Å². The van der Waals surface area contributed by atoms with Crippen LogP contribution in [0.4, 0.5) is 8.78 Å². The maximum atomic E-state index is 13.9. The molecular formula is C31H30F2N4O3S. The lowest BCUT2D eigenvalue weighted by molar-refractivity contribution is 0.144. The predicted octanol–water partition coefficient (Wildman–Crippen LogP) is 6.86. The van der Waals surface area contributed by atoms with Gasteiger partial charge in [0, 0.05) is 29.0 Å². The molecule has 2 aromatic heterocycles. The third-order valence-corrected chi connectivity index (χ3v) is 7.70. The fraction of sp³-hybridized carbons (Fsp3) is 0.258. The summed E-state index contributed by atoms with van der Waals surface area (Å²) in [6.07, 6.45) is 1.52. The lowest BCUT2D eigenvalue weighted by Crippen LogP contribution is -2.28. The largest absolute Gasteiger partial charge is 0.493 e. The Labute approximate surface area is 241 Å². The quantitative estimate of drug-likeness (QED) is 0.119. The molecule has 5 rings (SSSR count). The molecule has 0 saturated heterocycles. The summed E-state index contributed by atoms with van der Waals surface area (Å²) in [6, 6.07) is 22.9. The number of nitrogens with zero attached hydrogens (tertiary/aromatic N) is 4. The van der Waals surface area contributed by atoms with Crippen molar-refractivity contribution in [1.29, 1.82) is 0 Å². The number of ether oxygens (including phenoxy) is 3. The van der Waals surface area contributed by atoms with Crippen LogP contribution in [-0.2, 0) is 10.2 Å². The predicted molar refractivity (Wildman–Crippen MR) is 156 cm³/mol. The SMILES string of the molecule is COCCOc1cc2ncnc(Sc3cccc(-c4cc(C(C)(CF)CF)nn4-c4ccccc4)c3)c2cc1OC. The number of alkyl halides is 2. The molecule has 0 fully saturated rings. The molecule has 0 saturated carbocycles. The Bertz CT molecular complexity index is 1630. The molecule has 5 aromatic rings. The van der Waals surface area contributed by atoms with Gasteiger partial charge in [0.1, 0.15) is 31.3 Å². The molecule has 0 bridgehead atoms. The van der Waals surface area contributed by atoms with Crippen LogP contribution >= 0.6 is 11.8 Å². The Balaban J connectivity index is 1.53. The summed E-state index contributed by atoms with van der Waals surface area (Å²) in [6.45, 7) is 0.675. The van der Waals surface area contributed by atoms with E-state index in [1.807, 2.05) is 66.7 Å². The van der Waals surface area contributed by atoms with Gasteiger partial charge in [0.2, 0.25) is 0 Å². The van der Waals surface area contributed by atoms with Crippen LogP contribution in [0.1, 0.15) is 12.6 Å². The van der Waals surface area contributed by atoms with Crippen molar-refractivity contribution in [3.05, 3.63) is 84.8 Å². The van der Waals surface area contributed by atoms with Gasteiger partial charge in [-0.15, -0.1) is 0 Å². The number of methoxy groups -OCH3 is 2. The first-order chi connectivity index (χ1) is 20.0. The van der Waals surface area contributed by atoms with Crippen molar-refractivity contribution >= 4 is 22.7 Å². The zero-order chi connectivity index (χ0) is 28.8. The van der Waals surface area contributed by atoms with Crippen LogP contribution in [0.25, 0.3) is 27.8 Å². The average Bonchev–Trinajstić information content (AvgIpc) is 3.48. The second-order valence-corrected chi connectivity index (χ2v) is 10.7. The van der Waals surface area contributed by atoms with Crippen molar-refractivity contribution in [3.63, 3.8) is 0 Å². The molecule has 10 heteroatoms. The first-order valence-electron chi connectivity index (χ1n) is 13.0. The monoisotopic (exact) mass is 576 g/mol. The maximum Gasteiger partial charge on any atom is 0.163 e. The highest BCUT2D eigenvalue weighted by atomic mass is 32.2. The second kappa shape index (κ2) is 12.7. The highest BCUT2D eigenvalue weighted by Crippen LogP contribution is 2.39. The van der Waals surface area contributed by atoms with E-state index < -0.39 is 18.8 Å². The van der Waals surface area contributed by atoms with Crippen molar-refractivity contribution in [2.24, 2.45) is 0 Å². The van der Waals surface area contributed by atoms with E-state index in [0.29, 0.717) is 30.4 Å². The number of hydrogen-bond acceptors (Lipinski definition) is 7. The molecule has 7 nitrogen and oxygen atoms in total. The van der Waals surface area contributed by atoms with E-state index in [0.717, 1.165) is 37.8 Å². The molecule has 0 aliphatic rings. The zero-order valence-corrected chi connectivity index (χ0v) is 23.8. The Kier molecular flexibility index (Phi) is 8.80. The maximum absolute atomic E-state index is 13.9. The molecule has 212 valence electrons. The summed E-state index contributed by atoms with van der Waals surface area (Å²) < 4.78 is 46.1. The van der Waals surface area contributed by atoms with Crippen molar-refractivity contribution < 1.29 is 23.0 Å². The number of fused-ring (bicyclic) bond motifs is 1. The van der Waals surface area contributed by atoms with Crippen molar-refractivity contribution in [3.8, 4) is 28.4 Å². The van der Waals surface area contributed by atoms with E-state index in [9.17, 15) is 8.78 Å². The highest BCUT2D eigenvalue weighted by molar-refractivity contribution is 7.99. The standard InChI is InChI=1S/C31H30F2N4O3S/c1-31(18-32,19-33)29-17-26(37(36-29)22-9-5-4-6-10-22)21-8-7-11-23(14-21)41-30-24-15-27(39-3)28(40-13-12-38-2)16-25(24)34-20-35-30/h4-11,14-17,20H,12-13,18-19H2,1-3H3. The minimum Gasteiger partial charge on any atom is -0.493 e. The van der Waals surface area contributed by atoms with Gasteiger partial charge in [0.05, 0.1) is 41.7 Å². The summed E-state index contributed by atoms with van der Waals surface area (Å²) in [5.41, 5.74) is 2.12. The van der Waals surface area contributed by atoms with Crippen LogP contribution < -0.4 is 9.47 Å². The third-order valence-electron chi connectivity index (χ3n) is 6.69. The Hall–Kier alpha value is -4.02. The third kappa shape index (κ3) is 6.03. The summed E-state index contributed by atoms with van der Waals surface area (Å²) in [7, 11) is 3.21. The zero-order valence-electron chi connectivity index (χ0n) is 23.0. The molecule has 0 atom stereocenters. The topological polar surface area (TPSA) is 71.3 Å². The molecule has 0 unspecified atom stereocenters. The lowest BCUT2D eigenvalue weighted by atomic mass is 9.90. The molecule has 0 N–H and O–H groups in total. The van der Waals surface area contributed by atoms with Gasteiger partial charge in [-0.05, 0) is 43.3 Å². The van der Waals surface area contributed by atoms with Gasteiger partial charge in [-0.3, -0.25) is 0 Å². The van der Waals surface area contributed by atoms with E-state index in [2.05, 4.69) is 15.1 Å². The van der Waals surface area contributed by atoms with Crippen LogP contribution in [0.2, 0.25) is 0 Å². The number of hydrogen-bond donors (Lipinski definition) is 0. The van der Waals surface area contributed by atoms with Gasteiger partial charge in [0.15, 0.2) is 11.5 Å². The summed E-state index contributed by atoms with van der Waals surface area (Å²) in [5.74, 6) is 1.15. The van der Waals surface area contributed by atoms with E-state index in [1.54, 1.807) is 31.9 Å². The number of aromatic nitrogens is 4. The Morgan fingerprint density at radius 2 is 1.68 bits per heavy atom. The van der Waals surface area contributed by atoms with Gasteiger partial charge < -0.3 is 14.2 Å². The Morgan fingerprint density at radius 3 is 2.41 bits per heavy atom.